The zero-order valence-corrected chi connectivity index (χ0v) is 11.9. The van der Waals surface area contributed by atoms with Crippen LogP contribution in [0.5, 0.6) is 5.75 Å². The molecule has 0 radical (unpaired) electrons. The Balaban J connectivity index is 1.84. The molecular weight excluding hydrogens is 274 g/mol. The van der Waals surface area contributed by atoms with Crippen LogP contribution in [0, 0.1) is 6.92 Å². The molecule has 1 saturated heterocycles. The third-order valence-corrected chi connectivity index (χ3v) is 3.69. The van der Waals surface area contributed by atoms with Crippen molar-refractivity contribution in [1.82, 2.24) is 4.90 Å². The van der Waals surface area contributed by atoms with E-state index in [1.165, 1.54) is 4.90 Å². The van der Waals surface area contributed by atoms with Crippen LogP contribution in [0.3, 0.4) is 0 Å². The Morgan fingerprint density at radius 2 is 2.00 bits per heavy atom. The van der Waals surface area contributed by atoms with E-state index in [0.717, 1.165) is 5.56 Å². The van der Waals surface area contributed by atoms with E-state index in [0.29, 0.717) is 5.75 Å². The van der Waals surface area contributed by atoms with E-state index in [4.69, 9.17) is 9.84 Å². The van der Waals surface area contributed by atoms with Gasteiger partial charge in [-0.25, -0.2) is 4.79 Å². The average molecular weight is 293 g/mol. The summed E-state index contributed by atoms with van der Waals surface area (Å²) in [4.78, 5) is 24.4. The van der Waals surface area contributed by atoms with Crippen LogP contribution in [-0.2, 0) is 9.59 Å². The zero-order valence-electron chi connectivity index (χ0n) is 11.9. The number of piperidine rings is 1. The van der Waals surface area contributed by atoms with Crippen molar-refractivity contribution >= 4 is 11.9 Å². The molecule has 0 aromatic heterocycles. The van der Waals surface area contributed by atoms with Crippen LogP contribution >= 0.6 is 0 Å². The second kappa shape index (κ2) is 6.13. The predicted octanol–water partition coefficient (Wildman–Crippen LogP) is 0.812. The number of aryl methyl sites for hydroxylation is 1. The Bertz CT molecular complexity index is 535. The highest BCUT2D eigenvalue weighted by Gasteiger charge is 2.40. The van der Waals surface area contributed by atoms with Crippen LogP contribution in [0.4, 0.5) is 0 Å². The van der Waals surface area contributed by atoms with E-state index >= 15 is 0 Å². The summed E-state index contributed by atoms with van der Waals surface area (Å²) >= 11 is 0. The third kappa shape index (κ3) is 3.72. The van der Waals surface area contributed by atoms with Gasteiger partial charge in [0.05, 0.1) is 0 Å². The number of aliphatic carboxylic acids is 1. The lowest BCUT2D eigenvalue weighted by Crippen LogP contribution is -2.51. The Hall–Kier alpha value is -2.08. The standard InChI is InChI=1S/C15H19NO5/c1-11-3-2-4-12(9-11)21-10-13(17)16-7-5-15(20,6-8-16)14(18)19/h2-4,9,20H,5-8,10H2,1H3,(H,18,19). The van der Waals surface area contributed by atoms with Gasteiger partial charge < -0.3 is 19.8 Å². The van der Waals surface area contributed by atoms with Crippen LogP contribution in [0.2, 0.25) is 0 Å². The van der Waals surface area contributed by atoms with Crippen LogP contribution in [0.1, 0.15) is 18.4 Å². The molecule has 21 heavy (non-hydrogen) atoms. The molecule has 0 aliphatic carbocycles. The lowest BCUT2D eigenvalue weighted by atomic mass is 9.92. The largest absolute Gasteiger partial charge is 0.484 e. The van der Waals surface area contributed by atoms with Crippen molar-refractivity contribution in [2.24, 2.45) is 0 Å². The molecule has 2 N–H and O–H groups in total. The van der Waals surface area contributed by atoms with Crippen molar-refractivity contribution in [2.45, 2.75) is 25.4 Å². The molecule has 0 spiro atoms. The minimum Gasteiger partial charge on any atom is -0.484 e. The summed E-state index contributed by atoms with van der Waals surface area (Å²) < 4.78 is 5.43. The number of rotatable bonds is 4. The first-order chi connectivity index (χ1) is 9.90. The van der Waals surface area contributed by atoms with E-state index in [2.05, 4.69) is 0 Å². The number of carboxylic acids is 1. The predicted molar refractivity (Wildman–Crippen MR) is 75.1 cm³/mol. The van der Waals surface area contributed by atoms with Gasteiger partial charge in [-0.05, 0) is 24.6 Å². The zero-order chi connectivity index (χ0) is 15.5. The number of hydrogen-bond acceptors (Lipinski definition) is 4. The Morgan fingerprint density at radius 1 is 1.33 bits per heavy atom. The first-order valence-corrected chi connectivity index (χ1v) is 6.84. The van der Waals surface area contributed by atoms with Crippen molar-refractivity contribution in [2.75, 3.05) is 19.7 Å². The molecule has 1 amide bonds. The molecule has 6 heteroatoms. The second-order valence-corrected chi connectivity index (χ2v) is 5.32. The number of ether oxygens (including phenoxy) is 1. The number of aliphatic hydroxyl groups is 1. The molecule has 1 aromatic rings. The van der Waals surface area contributed by atoms with Crippen LogP contribution < -0.4 is 4.74 Å². The summed E-state index contributed by atoms with van der Waals surface area (Å²) in [6.45, 7) is 2.29. The van der Waals surface area contributed by atoms with Crippen molar-refractivity contribution < 1.29 is 24.5 Å². The summed E-state index contributed by atoms with van der Waals surface area (Å²) in [5.74, 6) is -0.808. The fourth-order valence-corrected chi connectivity index (χ4v) is 2.28. The van der Waals surface area contributed by atoms with E-state index in [-0.39, 0.29) is 38.4 Å². The molecule has 1 fully saturated rings. The molecule has 6 nitrogen and oxygen atoms in total. The number of amides is 1. The fraction of sp³-hybridized carbons (Fsp3) is 0.467. The van der Waals surface area contributed by atoms with Crippen molar-refractivity contribution in [3.05, 3.63) is 29.8 Å². The smallest absolute Gasteiger partial charge is 0.335 e. The summed E-state index contributed by atoms with van der Waals surface area (Å²) in [5.41, 5.74) is -0.668. The van der Waals surface area contributed by atoms with Gasteiger partial charge in [0, 0.05) is 25.9 Å². The maximum Gasteiger partial charge on any atom is 0.335 e. The lowest BCUT2D eigenvalue weighted by molar-refractivity contribution is -0.165. The number of carbonyl (C=O) groups excluding carboxylic acids is 1. The Morgan fingerprint density at radius 3 is 2.57 bits per heavy atom. The second-order valence-electron chi connectivity index (χ2n) is 5.32. The lowest BCUT2D eigenvalue weighted by Gasteiger charge is -2.35. The molecule has 0 unspecified atom stereocenters. The van der Waals surface area contributed by atoms with Gasteiger partial charge >= 0.3 is 5.97 Å². The minimum absolute atomic E-state index is 0.0402. The summed E-state index contributed by atoms with van der Waals surface area (Å²) in [6.07, 6.45) is 0.0804. The molecule has 0 saturated carbocycles. The van der Waals surface area contributed by atoms with Crippen LogP contribution in [0.15, 0.2) is 24.3 Å². The highest BCUT2D eigenvalue weighted by Crippen LogP contribution is 2.22. The molecule has 0 bridgehead atoms. The van der Waals surface area contributed by atoms with Gasteiger partial charge in [0.15, 0.2) is 12.2 Å². The van der Waals surface area contributed by atoms with Gasteiger partial charge in [-0.1, -0.05) is 12.1 Å². The highest BCUT2D eigenvalue weighted by atomic mass is 16.5. The van der Waals surface area contributed by atoms with Gasteiger partial charge in [0.25, 0.3) is 5.91 Å². The number of carbonyl (C=O) groups is 2. The van der Waals surface area contributed by atoms with Crippen molar-refractivity contribution in [1.29, 1.82) is 0 Å². The van der Waals surface area contributed by atoms with Crippen LogP contribution in [-0.4, -0.2) is 52.3 Å². The first-order valence-electron chi connectivity index (χ1n) is 6.84. The summed E-state index contributed by atoms with van der Waals surface area (Å²) in [6, 6.07) is 7.40. The molecule has 2 rings (SSSR count). The summed E-state index contributed by atoms with van der Waals surface area (Å²) in [7, 11) is 0. The maximum atomic E-state index is 12.0. The van der Waals surface area contributed by atoms with E-state index < -0.39 is 11.6 Å². The average Bonchev–Trinajstić information content (AvgIpc) is 2.45. The van der Waals surface area contributed by atoms with Gasteiger partial charge in [-0.2, -0.15) is 0 Å². The molecule has 114 valence electrons. The van der Waals surface area contributed by atoms with E-state index in [9.17, 15) is 14.7 Å². The monoisotopic (exact) mass is 293 g/mol. The maximum absolute atomic E-state index is 12.0. The van der Waals surface area contributed by atoms with Crippen molar-refractivity contribution in [3.63, 3.8) is 0 Å². The number of carboxylic acid groups (broad SMARTS) is 1. The molecule has 1 aromatic carbocycles. The Kier molecular flexibility index (Phi) is 4.47. The number of hydrogen-bond donors (Lipinski definition) is 2. The minimum atomic E-state index is -1.71. The SMILES string of the molecule is Cc1cccc(OCC(=O)N2CCC(O)(C(=O)O)CC2)c1. The van der Waals surface area contributed by atoms with Crippen molar-refractivity contribution in [3.8, 4) is 5.75 Å². The number of likely N-dealkylation sites (tertiary alicyclic amines) is 1. The Labute approximate surface area is 122 Å². The van der Waals surface area contributed by atoms with Gasteiger partial charge in [0.1, 0.15) is 5.75 Å². The molecule has 1 heterocycles. The summed E-state index contributed by atoms with van der Waals surface area (Å²) in [5, 5.41) is 18.7. The molecular formula is C15H19NO5. The van der Waals surface area contributed by atoms with E-state index in [1.54, 1.807) is 6.07 Å². The fourth-order valence-electron chi connectivity index (χ4n) is 2.28. The van der Waals surface area contributed by atoms with Gasteiger partial charge in [-0.3, -0.25) is 4.79 Å². The topological polar surface area (TPSA) is 87.1 Å². The third-order valence-electron chi connectivity index (χ3n) is 3.69. The first kappa shape index (κ1) is 15.3. The quantitative estimate of drug-likeness (QED) is 0.858. The molecule has 1 aliphatic heterocycles. The number of benzene rings is 1. The normalized spacial score (nSPS) is 17.3. The number of nitrogens with zero attached hydrogens (tertiary/aromatic N) is 1. The van der Waals surface area contributed by atoms with Gasteiger partial charge in [-0.15, -0.1) is 0 Å². The molecule has 0 atom stereocenters. The molecule has 1 aliphatic rings. The van der Waals surface area contributed by atoms with Crippen LogP contribution in [0.25, 0.3) is 0 Å². The highest BCUT2D eigenvalue weighted by molar-refractivity contribution is 5.80. The van der Waals surface area contributed by atoms with E-state index in [1.807, 2.05) is 25.1 Å². The van der Waals surface area contributed by atoms with Gasteiger partial charge in [0.2, 0.25) is 0 Å².